The highest BCUT2D eigenvalue weighted by atomic mass is 19.1. The molecule has 1 aliphatic heterocycles. The summed E-state index contributed by atoms with van der Waals surface area (Å²) in [6.07, 6.45) is -1.21. The van der Waals surface area contributed by atoms with Crippen molar-refractivity contribution in [2.24, 2.45) is 0 Å². The van der Waals surface area contributed by atoms with Crippen molar-refractivity contribution in [3.05, 3.63) is 35.2 Å². The molecule has 3 rings (SSSR count). The van der Waals surface area contributed by atoms with Gasteiger partial charge in [-0.25, -0.2) is 14.1 Å². The number of nitrogens with zero attached hydrogens (tertiary/aromatic N) is 3. The van der Waals surface area contributed by atoms with Crippen LogP contribution in [0.5, 0.6) is 0 Å². The zero-order valence-corrected chi connectivity index (χ0v) is 16.8. The van der Waals surface area contributed by atoms with Crippen molar-refractivity contribution in [2.75, 3.05) is 0 Å². The molecular weight excluding hydrogens is 348 g/mol. The molecule has 1 saturated heterocycles. The van der Waals surface area contributed by atoms with Gasteiger partial charge in [-0.2, -0.15) is 5.10 Å². The van der Waals surface area contributed by atoms with Gasteiger partial charge in [0.05, 0.1) is 28.1 Å². The maximum absolute atomic E-state index is 13.7. The molecule has 0 saturated carbocycles. The predicted octanol–water partition coefficient (Wildman–Crippen LogP) is 3.11. The molecule has 0 aliphatic carbocycles. The summed E-state index contributed by atoms with van der Waals surface area (Å²) in [5.74, 6) is 0.196. The Hall–Kier alpha value is -2.06. The molecule has 0 amide bonds. The molecule has 144 valence electrons. The maximum atomic E-state index is 13.7. The van der Waals surface area contributed by atoms with Gasteiger partial charge in [-0.05, 0) is 66.7 Å². The average molecular weight is 373 g/mol. The third-order valence-electron chi connectivity index (χ3n) is 5.29. The van der Waals surface area contributed by atoms with Gasteiger partial charge in [0.15, 0.2) is 11.6 Å². The molecule has 3 heterocycles. The standard InChI is InChI=1S/C19H25BFN3O3/c1-11-10-15(12(2)21)23-24(11)17-14(13(3)25)8-9-16(22-17)20-26-18(4,5)19(6,7)27-20/h8-10,12H,1-7H3. The van der Waals surface area contributed by atoms with Crippen LogP contribution in [0.3, 0.4) is 0 Å². The molecule has 0 spiro atoms. The third kappa shape index (κ3) is 3.43. The van der Waals surface area contributed by atoms with E-state index in [0.29, 0.717) is 28.4 Å². The van der Waals surface area contributed by atoms with Gasteiger partial charge >= 0.3 is 7.12 Å². The number of rotatable bonds is 4. The number of carbonyl (C=O) groups excluding carboxylic acids is 1. The van der Waals surface area contributed by atoms with Crippen LogP contribution in [-0.4, -0.2) is 38.9 Å². The van der Waals surface area contributed by atoms with Crippen LogP contribution in [0.2, 0.25) is 0 Å². The molecule has 0 N–H and O–H groups in total. The van der Waals surface area contributed by atoms with Crippen LogP contribution in [0, 0.1) is 6.92 Å². The maximum Gasteiger partial charge on any atom is 0.514 e. The van der Waals surface area contributed by atoms with E-state index in [9.17, 15) is 9.18 Å². The molecule has 1 atom stereocenters. The lowest BCUT2D eigenvalue weighted by molar-refractivity contribution is 0.00578. The number of ketones is 1. The van der Waals surface area contributed by atoms with Gasteiger partial charge in [-0.1, -0.05) is 0 Å². The molecular formula is C19H25BFN3O3. The largest absolute Gasteiger partial charge is 0.514 e. The first-order valence-corrected chi connectivity index (χ1v) is 9.01. The summed E-state index contributed by atoms with van der Waals surface area (Å²) in [5.41, 5.74) is 0.923. The molecule has 8 heteroatoms. The van der Waals surface area contributed by atoms with Crippen molar-refractivity contribution >= 4 is 18.5 Å². The smallest absolute Gasteiger partial charge is 0.398 e. The van der Waals surface area contributed by atoms with E-state index in [-0.39, 0.29) is 5.78 Å². The highest BCUT2D eigenvalue weighted by molar-refractivity contribution is 6.61. The van der Waals surface area contributed by atoms with Crippen LogP contribution < -0.4 is 5.59 Å². The van der Waals surface area contributed by atoms with Crippen LogP contribution in [0.25, 0.3) is 5.82 Å². The first-order valence-electron chi connectivity index (χ1n) is 9.01. The zero-order chi connectivity index (χ0) is 20.1. The summed E-state index contributed by atoms with van der Waals surface area (Å²) >= 11 is 0. The van der Waals surface area contributed by atoms with Gasteiger partial charge in [-0.3, -0.25) is 4.79 Å². The monoisotopic (exact) mass is 373 g/mol. The number of hydrogen-bond donors (Lipinski definition) is 0. The second-order valence-electron chi connectivity index (χ2n) is 7.99. The molecule has 6 nitrogen and oxygen atoms in total. The van der Waals surface area contributed by atoms with Crippen LogP contribution in [0.4, 0.5) is 4.39 Å². The second kappa shape index (κ2) is 6.53. The Morgan fingerprint density at radius 3 is 2.30 bits per heavy atom. The van der Waals surface area contributed by atoms with Crippen molar-refractivity contribution < 1.29 is 18.5 Å². The summed E-state index contributed by atoms with van der Waals surface area (Å²) in [7, 11) is -0.662. The van der Waals surface area contributed by atoms with Gasteiger partial charge < -0.3 is 9.31 Å². The highest BCUT2D eigenvalue weighted by Gasteiger charge is 2.52. The van der Waals surface area contributed by atoms with Gasteiger partial charge in [0.1, 0.15) is 6.17 Å². The number of hydrogen-bond acceptors (Lipinski definition) is 5. The molecule has 2 aromatic rings. The number of alkyl halides is 1. The fraction of sp³-hybridized carbons (Fsp3) is 0.526. The molecule has 1 aliphatic rings. The van der Waals surface area contributed by atoms with E-state index in [1.54, 1.807) is 25.1 Å². The fourth-order valence-corrected chi connectivity index (χ4v) is 2.90. The normalized spacial score (nSPS) is 19.3. The van der Waals surface area contributed by atoms with Crippen LogP contribution in [0.15, 0.2) is 18.2 Å². The number of pyridine rings is 1. The quantitative estimate of drug-likeness (QED) is 0.609. The summed E-state index contributed by atoms with van der Waals surface area (Å²) in [5, 5.41) is 4.29. The van der Waals surface area contributed by atoms with Crippen molar-refractivity contribution in [1.29, 1.82) is 0 Å². The Kier molecular flexibility index (Phi) is 4.76. The number of halogens is 1. The summed E-state index contributed by atoms with van der Waals surface area (Å²) in [6.45, 7) is 12.5. The van der Waals surface area contributed by atoms with Crippen LogP contribution in [0.1, 0.15) is 69.5 Å². The molecule has 0 radical (unpaired) electrons. The Morgan fingerprint density at radius 2 is 1.81 bits per heavy atom. The Labute approximate surface area is 159 Å². The number of aryl methyl sites for hydroxylation is 1. The fourth-order valence-electron chi connectivity index (χ4n) is 2.90. The van der Waals surface area contributed by atoms with Gasteiger partial charge in [0, 0.05) is 5.69 Å². The predicted molar refractivity (Wildman–Crippen MR) is 101 cm³/mol. The first kappa shape index (κ1) is 19.7. The van der Waals surface area contributed by atoms with E-state index >= 15 is 0 Å². The number of Topliss-reactive ketones (excluding diaryl/α,β-unsaturated/α-hetero) is 1. The van der Waals surface area contributed by atoms with Gasteiger partial charge in [-0.15, -0.1) is 0 Å². The summed E-state index contributed by atoms with van der Waals surface area (Å²) < 4.78 is 27.3. The molecule has 27 heavy (non-hydrogen) atoms. The van der Waals surface area contributed by atoms with E-state index in [2.05, 4.69) is 10.1 Å². The topological polar surface area (TPSA) is 66.2 Å². The lowest BCUT2D eigenvalue weighted by Gasteiger charge is -2.32. The Balaban J connectivity index is 2.09. The second-order valence-corrected chi connectivity index (χ2v) is 7.99. The van der Waals surface area contributed by atoms with E-state index in [4.69, 9.17) is 9.31 Å². The highest BCUT2D eigenvalue weighted by Crippen LogP contribution is 2.36. The minimum atomic E-state index is -1.21. The Morgan fingerprint density at radius 1 is 1.22 bits per heavy atom. The van der Waals surface area contributed by atoms with Gasteiger partial charge in [0.25, 0.3) is 0 Å². The van der Waals surface area contributed by atoms with Crippen molar-refractivity contribution in [2.45, 2.75) is 65.8 Å². The van der Waals surface area contributed by atoms with Crippen LogP contribution >= 0.6 is 0 Å². The summed E-state index contributed by atoms with van der Waals surface area (Å²) in [6, 6.07) is 5.06. The minimum absolute atomic E-state index is 0.150. The molecule has 0 bridgehead atoms. The minimum Gasteiger partial charge on any atom is -0.398 e. The molecule has 1 unspecified atom stereocenters. The lowest BCUT2D eigenvalue weighted by Crippen LogP contribution is -2.41. The SMILES string of the molecule is CC(=O)c1ccc(B2OC(C)(C)C(C)(C)O2)nc1-n1nc(C(C)F)cc1C. The molecule has 1 fully saturated rings. The van der Waals surface area contributed by atoms with E-state index < -0.39 is 24.5 Å². The first-order chi connectivity index (χ1) is 12.4. The van der Waals surface area contributed by atoms with Crippen molar-refractivity contribution in [3.8, 4) is 5.82 Å². The van der Waals surface area contributed by atoms with Gasteiger partial charge in [0.2, 0.25) is 0 Å². The zero-order valence-electron chi connectivity index (χ0n) is 16.8. The average Bonchev–Trinajstić information content (AvgIpc) is 3.04. The number of carbonyl (C=O) groups is 1. The van der Waals surface area contributed by atoms with E-state index in [0.717, 1.165) is 0 Å². The van der Waals surface area contributed by atoms with Crippen molar-refractivity contribution in [1.82, 2.24) is 14.8 Å². The third-order valence-corrected chi connectivity index (χ3v) is 5.29. The summed E-state index contributed by atoms with van der Waals surface area (Å²) in [4.78, 5) is 16.7. The van der Waals surface area contributed by atoms with Crippen molar-refractivity contribution in [3.63, 3.8) is 0 Å². The van der Waals surface area contributed by atoms with Crippen LogP contribution in [-0.2, 0) is 9.31 Å². The molecule has 0 aromatic carbocycles. The Bertz CT molecular complexity index is 876. The van der Waals surface area contributed by atoms with E-state index in [1.165, 1.54) is 18.5 Å². The lowest BCUT2D eigenvalue weighted by atomic mass is 9.84. The number of aromatic nitrogens is 3. The van der Waals surface area contributed by atoms with E-state index in [1.807, 2.05) is 27.7 Å². The molecule has 2 aromatic heterocycles.